The zero-order valence-corrected chi connectivity index (χ0v) is 20.6. The summed E-state index contributed by atoms with van der Waals surface area (Å²) in [6, 6.07) is 13.5. The SMILES string of the molecule is COc1cc(C2CCNCC2)ccc1Nc1ncc(OC)c(Nc2ccccc2CN[SH](=O)=O)n1. The van der Waals surface area contributed by atoms with E-state index < -0.39 is 10.9 Å². The lowest BCUT2D eigenvalue weighted by atomic mass is 9.90. The average Bonchev–Trinajstić information content (AvgIpc) is 2.89. The maximum atomic E-state index is 11.0. The Labute approximate surface area is 206 Å². The number of benzene rings is 2. The molecule has 2 aromatic carbocycles. The van der Waals surface area contributed by atoms with Crippen LogP contribution in [0.25, 0.3) is 0 Å². The summed E-state index contributed by atoms with van der Waals surface area (Å²) in [5.74, 6) is 2.48. The fraction of sp³-hybridized carbons (Fsp3) is 0.333. The summed E-state index contributed by atoms with van der Waals surface area (Å²) in [4.78, 5) is 8.97. The summed E-state index contributed by atoms with van der Waals surface area (Å²) in [7, 11) is 0.481. The Bertz CT molecular complexity index is 1220. The van der Waals surface area contributed by atoms with Crippen LogP contribution in [0.5, 0.6) is 11.5 Å². The van der Waals surface area contributed by atoms with Gasteiger partial charge in [0.25, 0.3) is 0 Å². The van der Waals surface area contributed by atoms with Gasteiger partial charge in [0.15, 0.2) is 11.6 Å². The fourth-order valence-corrected chi connectivity index (χ4v) is 4.38. The van der Waals surface area contributed by atoms with E-state index in [4.69, 9.17) is 9.47 Å². The number of hydrogen-bond acceptors (Lipinski definition) is 9. The van der Waals surface area contributed by atoms with E-state index in [1.807, 2.05) is 30.3 Å². The minimum absolute atomic E-state index is 0.154. The van der Waals surface area contributed by atoms with Crippen molar-refractivity contribution in [2.24, 2.45) is 0 Å². The lowest BCUT2D eigenvalue weighted by Crippen LogP contribution is -2.26. The molecule has 4 N–H and O–H groups in total. The summed E-state index contributed by atoms with van der Waals surface area (Å²) in [6.45, 7) is 2.20. The van der Waals surface area contributed by atoms with Crippen molar-refractivity contribution >= 4 is 34.0 Å². The van der Waals surface area contributed by atoms with Crippen molar-refractivity contribution in [1.82, 2.24) is 20.0 Å². The van der Waals surface area contributed by atoms with E-state index >= 15 is 0 Å². The second kappa shape index (κ2) is 11.8. The van der Waals surface area contributed by atoms with Crippen LogP contribution in [0.1, 0.15) is 29.9 Å². The van der Waals surface area contributed by atoms with Crippen molar-refractivity contribution in [3.63, 3.8) is 0 Å². The van der Waals surface area contributed by atoms with Gasteiger partial charge in [-0.25, -0.2) is 18.1 Å². The Hall–Kier alpha value is -3.41. The van der Waals surface area contributed by atoms with Crippen LogP contribution in [0.15, 0.2) is 48.7 Å². The standard InChI is InChI=1S/C24H30N6O4S/c1-33-21-13-17(16-9-11-25-12-10-16)7-8-20(21)29-24-26-15-22(34-2)23(30-24)28-19-6-4-3-5-18(19)14-27-35(31)32/h3-8,13,15-16,25,35H,9-12,14H2,1-2H3,(H,27,31,32)(H2,26,28,29,30). The Morgan fingerprint density at radius 1 is 1.00 bits per heavy atom. The molecule has 0 unspecified atom stereocenters. The lowest BCUT2D eigenvalue weighted by molar-refractivity contribution is 0.412. The molecule has 1 aliphatic rings. The first kappa shape index (κ1) is 24.7. The van der Waals surface area contributed by atoms with Gasteiger partial charge in [0.1, 0.15) is 5.75 Å². The number of anilines is 4. The molecule has 1 aromatic heterocycles. The second-order valence-electron chi connectivity index (χ2n) is 8.09. The van der Waals surface area contributed by atoms with Crippen LogP contribution in [0.4, 0.5) is 23.1 Å². The van der Waals surface area contributed by atoms with Gasteiger partial charge < -0.3 is 25.4 Å². The summed E-state index contributed by atoms with van der Waals surface area (Å²) in [5, 5.41) is 9.87. The normalized spacial score (nSPS) is 14.0. The second-order valence-corrected chi connectivity index (χ2v) is 8.92. The Morgan fingerprint density at radius 3 is 2.51 bits per heavy atom. The largest absolute Gasteiger partial charge is 0.495 e. The highest BCUT2D eigenvalue weighted by Crippen LogP contribution is 2.34. The lowest BCUT2D eigenvalue weighted by Gasteiger charge is -2.24. The molecule has 1 saturated heterocycles. The summed E-state index contributed by atoms with van der Waals surface area (Å²) >= 11 is 0. The number of nitrogens with zero attached hydrogens (tertiary/aromatic N) is 2. The maximum absolute atomic E-state index is 11.0. The number of rotatable bonds is 10. The van der Waals surface area contributed by atoms with Gasteiger partial charge in [0, 0.05) is 12.2 Å². The smallest absolute Gasteiger partial charge is 0.229 e. The number of hydrogen-bond donors (Lipinski definition) is 5. The highest BCUT2D eigenvalue weighted by Gasteiger charge is 2.18. The molecular weight excluding hydrogens is 468 g/mol. The van der Waals surface area contributed by atoms with Gasteiger partial charge in [-0.2, -0.15) is 4.98 Å². The minimum Gasteiger partial charge on any atom is -0.495 e. The third kappa shape index (κ3) is 6.38. The van der Waals surface area contributed by atoms with E-state index in [2.05, 4.69) is 42.8 Å². The predicted molar refractivity (Wildman–Crippen MR) is 137 cm³/mol. The maximum Gasteiger partial charge on any atom is 0.229 e. The molecule has 1 aliphatic heterocycles. The molecule has 2 heterocycles. The molecule has 1 fully saturated rings. The zero-order valence-electron chi connectivity index (χ0n) is 19.7. The van der Waals surface area contributed by atoms with Crippen LogP contribution in [0.2, 0.25) is 0 Å². The zero-order chi connectivity index (χ0) is 24.6. The van der Waals surface area contributed by atoms with Crippen molar-refractivity contribution in [3.05, 3.63) is 59.8 Å². The number of piperidine rings is 1. The van der Waals surface area contributed by atoms with Crippen molar-refractivity contribution in [3.8, 4) is 11.5 Å². The van der Waals surface area contributed by atoms with Gasteiger partial charge in [-0.1, -0.05) is 24.3 Å². The molecule has 0 saturated carbocycles. The van der Waals surface area contributed by atoms with Crippen molar-refractivity contribution in [2.75, 3.05) is 37.9 Å². The number of nitrogens with one attached hydrogen (secondary N) is 4. The van der Waals surface area contributed by atoms with E-state index in [0.29, 0.717) is 29.1 Å². The molecule has 0 radical (unpaired) electrons. The number of para-hydroxylation sites is 1. The topological polar surface area (TPSA) is 126 Å². The molecule has 0 bridgehead atoms. The third-order valence-corrected chi connectivity index (χ3v) is 6.34. The van der Waals surface area contributed by atoms with Crippen LogP contribution in [0.3, 0.4) is 0 Å². The van der Waals surface area contributed by atoms with Crippen LogP contribution in [0, 0.1) is 0 Å². The van der Waals surface area contributed by atoms with E-state index in [9.17, 15) is 8.42 Å². The highest BCUT2D eigenvalue weighted by molar-refractivity contribution is 7.70. The van der Waals surface area contributed by atoms with Crippen LogP contribution < -0.4 is 30.1 Å². The molecule has 10 nitrogen and oxygen atoms in total. The van der Waals surface area contributed by atoms with E-state index in [-0.39, 0.29) is 6.54 Å². The minimum atomic E-state index is -2.70. The summed E-state index contributed by atoms with van der Waals surface area (Å²) in [5.41, 5.74) is 3.47. The van der Waals surface area contributed by atoms with Gasteiger partial charge in [-0.05, 0) is 61.2 Å². The summed E-state index contributed by atoms with van der Waals surface area (Å²) in [6.07, 6.45) is 3.78. The van der Waals surface area contributed by atoms with Gasteiger partial charge in [-0.3, -0.25) is 0 Å². The molecule has 35 heavy (non-hydrogen) atoms. The molecule has 11 heteroatoms. The van der Waals surface area contributed by atoms with Crippen molar-refractivity contribution in [1.29, 1.82) is 0 Å². The number of aromatic nitrogens is 2. The Kier molecular flexibility index (Phi) is 8.35. The Balaban J connectivity index is 1.57. The van der Waals surface area contributed by atoms with Crippen molar-refractivity contribution < 1.29 is 17.9 Å². The highest BCUT2D eigenvalue weighted by atomic mass is 32.2. The fourth-order valence-electron chi connectivity index (χ4n) is 4.08. The summed E-state index contributed by atoms with van der Waals surface area (Å²) < 4.78 is 35.4. The Morgan fingerprint density at radius 2 is 1.77 bits per heavy atom. The molecule has 4 rings (SSSR count). The first-order valence-corrected chi connectivity index (χ1v) is 12.5. The van der Waals surface area contributed by atoms with Crippen LogP contribution in [-0.2, 0) is 17.4 Å². The number of thiol groups is 1. The average molecular weight is 499 g/mol. The predicted octanol–water partition coefficient (Wildman–Crippen LogP) is 3.06. The van der Waals surface area contributed by atoms with Crippen molar-refractivity contribution in [2.45, 2.75) is 25.3 Å². The van der Waals surface area contributed by atoms with Gasteiger partial charge in [0.05, 0.1) is 26.1 Å². The molecule has 0 spiro atoms. The molecular formula is C24H30N6O4S. The van der Waals surface area contributed by atoms with E-state index in [1.165, 1.54) is 12.7 Å². The van der Waals surface area contributed by atoms with E-state index in [0.717, 1.165) is 42.9 Å². The van der Waals surface area contributed by atoms with Crippen LogP contribution in [-0.4, -0.2) is 45.7 Å². The number of methoxy groups -OCH3 is 2. The van der Waals surface area contributed by atoms with Gasteiger partial charge >= 0.3 is 0 Å². The molecule has 0 atom stereocenters. The van der Waals surface area contributed by atoms with Gasteiger partial charge in [-0.15, -0.1) is 0 Å². The van der Waals surface area contributed by atoms with Crippen LogP contribution >= 0.6 is 0 Å². The molecule has 3 aromatic rings. The first-order chi connectivity index (χ1) is 17.1. The monoisotopic (exact) mass is 498 g/mol. The molecule has 0 amide bonds. The first-order valence-electron chi connectivity index (χ1n) is 11.4. The molecule has 0 aliphatic carbocycles. The van der Waals surface area contributed by atoms with E-state index in [1.54, 1.807) is 13.3 Å². The number of ether oxygens (including phenoxy) is 2. The molecule has 186 valence electrons. The quantitative estimate of drug-likeness (QED) is 0.268. The van der Waals surface area contributed by atoms with Gasteiger partial charge in [0.2, 0.25) is 16.8 Å². The third-order valence-electron chi connectivity index (χ3n) is 5.93.